The van der Waals surface area contributed by atoms with E-state index in [-0.39, 0.29) is 11.9 Å². The first-order chi connectivity index (χ1) is 8.22. The normalized spacial score (nSPS) is 21.5. The summed E-state index contributed by atoms with van der Waals surface area (Å²) in [6.45, 7) is 3.78. The highest BCUT2D eigenvalue weighted by Gasteiger charge is 2.26. The van der Waals surface area contributed by atoms with Crippen molar-refractivity contribution >= 4 is 0 Å². The fourth-order valence-electron chi connectivity index (χ4n) is 2.25. The second kappa shape index (κ2) is 5.45. The minimum Gasteiger partial charge on any atom is -0.484 e. The van der Waals surface area contributed by atoms with E-state index in [1.54, 1.807) is 0 Å². The molecule has 1 fully saturated rings. The van der Waals surface area contributed by atoms with Gasteiger partial charge >= 0.3 is 0 Å². The first kappa shape index (κ1) is 12.3. The molecule has 0 unspecified atom stereocenters. The number of nitrogens with one attached hydrogen (secondary N) is 1. The Morgan fingerprint density at radius 3 is 2.65 bits per heavy atom. The number of hydrogen-bond donors (Lipinski definition) is 1. The van der Waals surface area contributed by atoms with Crippen molar-refractivity contribution in [1.29, 1.82) is 0 Å². The molecular weight excluding hydrogens is 224 g/mol. The molecule has 1 aromatic rings. The Morgan fingerprint density at radius 2 is 2.12 bits per heavy atom. The highest BCUT2D eigenvalue weighted by Crippen LogP contribution is 2.26. The van der Waals surface area contributed by atoms with Crippen LogP contribution in [0.15, 0.2) is 18.2 Å². The summed E-state index contributed by atoms with van der Waals surface area (Å²) < 4.78 is 32.4. The molecule has 2 nitrogen and oxygen atoms in total. The van der Waals surface area contributed by atoms with Crippen molar-refractivity contribution in [1.82, 2.24) is 5.32 Å². The van der Waals surface area contributed by atoms with Crippen LogP contribution < -0.4 is 10.1 Å². The maximum atomic E-state index is 13.5. The van der Waals surface area contributed by atoms with Crippen LogP contribution in [-0.2, 0) is 0 Å². The Kier molecular flexibility index (Phi) is 3.94. The van der Waals surface area contributed by atoms with Gasteiger partial charge in [0.2, 0.25) is 0 Å². The predicted molar refractivity (Wildman–Crippen MR) is 62.0 cm³/mol. The molecule has 0 aromatic heterocycles. The first-order valence-electron chi connectivity index (χ1n) is 6.03. The highest BCUT2D eigenvalue weighted by molar-refractivity contribution is 5.26. The van der Waals surface area contributed by atoms with Crippen LogP contribution >= 0.6 is 0 Å². The zero-order valence-electron chi connectivity index (χ0n) is 9.88. The minimum absolute atomic E-state index is 0.128. The van der Waals surface area contributed by atoms with Crippen LogP contribution in [0.1, 0.15) is 19.8 Å². The maximum Gasteiger partial charge on any atom is 0.191 e. The Labute approximate surface area is 100.0 Å². The largest absolute Gasteiger partial charge is 0.484 e. The van der Waals surface area contributed by atoms with Crippen LogP contribution in [0, 0.1) is 17.6 Å². The molecule has 17 heavy (non-hydrogen) atoms. The van der Waals surface area contributed by atoms with Gasteiger partial charge in [0.1, 0.15) is 6.10 Å². The van der Waals surface area contributed by atoms with E-state index in [1.165, 1.54) is 18.2 Å². The third-order valence-corrected chi connectivity index (χ3v) is 3.21. The number of rotatable bonds is 4. The van der Waals surface area contributed by atoms with Crippen LogP contribution in [-0.4, -0.2) is 19.2 Å². The fraction of sp³-hybridized carbons (Fsp3) is 0.538. The van der Waals surface area contributed by atoms with Gasteiger partial charge < -0.3 is 10.1 Å². The Bertz CT molecular complexity index is 357. The number of hydrogen-bond acceptors (Lipinski definition) is 2. The maximum absolute atomic E-state index is 13.5. The Hall–Kier alpha value is -1.16. The summed E-state index contributed by atoms with van der Waals surface area (Å²) in [5, 5.41) is 3.23. The molecule has 1 heterocycles. The van der Waals surface area contributed by atoms with Gasteiger partial charge in [-0.2, -0.15) is 0 Å². The van der Waals surface area contributed by atoms with Gasteiger partial charge in [-0.25, -0.2) is 8.78 Å². The molecule has 94 valence electrons. The number of para-hydroxylation sites is 1. The lowest BCUT2D eigenvalue weighted by Crippen LogP contribution is -2.28. The monoisotopic (exact) mass is 241 g/mol. The number of halogens is 2. The van der Waals surface area contributed by atoms with Crippen molar-refractivity contribution < 1.29 is 13.5 Å². The highest BCUT2D eigenvalue weighted by atomic mass is 19.1. The second-order valence-corrected chi connectivity index (χ2v) is 4.37. The van der Waals surface area contributed by atoms with Gasteiger partial charge in [-0.15, -0.1) is 0 Å². The number of benzene rings is 1. The lowest BCUT2D eigenvalue weighted by molar-refractivity contribution is 0.126. The molecule has 0 amide bonds. The molecule has 1 aliphatic rings. The van der Waals surface area contributed by atoms with Crippen molar-refractivity contribution in [2.45, 2.75) is 25.9 Å². The van der Waals surface area contributed by atoms with Crippen LogP contribution in [0.25, 0.3) is 0 Å². The summed E-state index contributed by atoms with van der Waals surface area (Å²) >= 11 is 0. The molecule has 0 radical (unpaired) electrons. The van der Waals surface area contributed by atoms with Gasteiger partial charge in [0.25, 0.3) is 0 Å². The molecule has 0 saturated carbocycles. The molecule has 1 aromatic carbocycles. The lowest BCUT2D eigenvalue weighted by Gasteiger charge is -2.23. The summed E-state index contributed by atoms with van der Waals surface area (Å²) in [6.07, 6.45) is 1.62. The standard InChI is InChI=1S/C13H17F2NO/c1-2-12(9-6-7-16-8-9)17-13-10(14)4-3-5-11(13)15/h3-5,9,12,16H,2,6-8H2,1H3/t9-,12-/m0/s1. The van der Waals surface area contributed by atoms with E-state index < -0.39 is 11.6 Å². The van der Waals surface area contributed by atoms with Crippen molar-refractivity contribution in [2.75, 3.05) is 13.1 Å². The van der Waals surface area contributed by atoms with E-state index >= 15 is 0 Å². The van der Waals surface area contributed by atoms with Crippen LogP contribution in [0.5, 0.6) is 5.75 Å². The van der Waals surface area contributed by atoms with Crippen LogP contribution in [0.2, 0.25) is 0 Å². The van der Waals surface area contributed by atoms with Crippen molar-refractivity contribution in [3.63, 3.8) is 0 Å². The average molecular weight is 241 g/mol. The summed E-state index contributed by atoms with van der Waals surface area (Å²) in [7, 11) is 0. The van der Waals surface area contributed by atoms with Crippen LogP contribution in [0.3, 0.4) is 0 Å². The van der Waals surface area contributed by atoms with E-state index in [2.05, 4.69) is 5.32 Å². The molecule has 0 spiro atoms. The van der Waals surface area contributed by atoms with Crippen molar-refractivity contribution in [3.05, 3.63) is 29.8 Å². The Balaban J connectivity index is 2.12. The van der Waals surface area contributed by atoms with E-state index in [0.717, 1.165) is 25.9 Å². The van der Waals surface area contributed by atoms with Gasteiger partial charge in [-0.3, -0.25) is 0 Å². The van der Waals surface area contributed by atoms with Gasteiger partial charge in [0, 0.05) is 12.5 Å². The molecule has 1 saturated heterocycles. The molecule has 1 N–H and O–H groups in total. The summed E-state index contributed by atoms with van der Waals surface area (Å²) in [6, 6.07) is 3.78. The molecule has 1 aliphatic heterocycles. The van der Waals surface area contributed by atoms with E-state index in [1.807, 2.05) is 6.92 Å². The summed E-state index contributed by atoms with van der Waals surface area (Å²) in [5.41, 5.74) is 0. The minimum atomic E-state index is -0.630. The zero-order valence-corrected chi connectivity index (χ0v) is 9.88. The second-order valence-electron chi connectivity index (χ2n) is 4.37. The van der Waals surface area contributed by atoms with Crippen molar-refractivity contribution in [2.24, 2.45) is 5.92 Å². The molecule has 2 rings (SSSR count). The molecule has 0 aliphatic carbocycles. The first-order valence-corrected chi connectivity index (χ1v) is 6.03. The number of ether oxygens (including phenoxy) is 1. The SMILES string of the molecule is CC[C@H](Oc1c(F)cccc1F)[C@H]1CCNC1. The third kappa shape index (κ3) is 2.75. The van der Waals surface area contributed by atoms with Crippen LogP contribution in [0.4, 0.5) is 8.78 Å². The quantitative estimate of drug-likeness (QED) is 0.875. The van der Waals surface area contributed by atoms with Gasteiger partial charge in [-0.1, -0.05) is 13.0 Å². The lowest BCUT2D eigenvalue weighted by atomic mass is 9.99. The van der Waals surface area contributed by atoms with Crippen molar-refractivity contribution in [3.8, 4) is 5.75 Å². The topological polar surface area (TPSA) is 21.3 Å². The molecule has 2 atom stereocenters. The van der Waals surface area contributed by atoms with Gasteiger partial charge in [0.15, 0.2) is 17.4 Å². The summed E-state index contributed by atoms with van der Waals surface area (Å²) in [4.78, 5) is 0. The molecular formula is C13H17F2NO. The third-order valence-electron chi connectivity index (χ3n) is 3.21. The summed E-state index contributed by atoms with van der Waals surface area (Å²) in [5.74, 6) is -1.17. The zero-order chi connectivity index (χ0) is 12.3. The smallest absolute Gasteiger partial charge is 0.191 e. The molecule has 4 heteroatoms. The van der Waals surface area contributed by atoms with Gasteiger partial charge in [-0.05, 0) is 31.5 Å². The van der Waals surface area contributed by atoms with E-state index in [9.17, 15) is 8.78 Å². The average Bonchev–Trinajstić information content (AvgIpc) is 2.82. The Morgan fingerprint density at radius 1 is 1.41 bits per heavy atom. The van der Waals surface area contributed by atoms with E-state index in [0.29, 0.717) is 5.92 Å². The van der Waals surface area contributed by atoms with E-state index in [4.69, 9.17) is 4.74 Å². The predicted octanol–water partition coefficient (Wildman–Crippen LogP) is 2.73. The van der Waals surface area contributed by atoms with Gasteiger partial charge in [0.05, 0.1) is 0 Å². The molecule has 0 bridgehead atoms. The fourth-order valence-corrected chi connectivity index (χ4v) is 2.25.